The Hall–Kier alpha value is -1.11. The number of hydrogen-bond acceptors (Lipinski definition) is 3. The molecule has 1 atom stereocenters. The van der Waals surface area contributed by atoms with Crippen LogP contribution in [-0.2, 0) is 26.8 Å². The van der Waals surface area contributed by atoms with Gasteiger partial charge in [-0.2, -0.15) is 13.2 Å². The Morgan fingerprint density at radius 1 is 0.605 bits per heavy atom. The van der Waals surface area contributed by atoms with Gasteiger partial charge in [-0.15, -0.1) is 0 Å². The maximum absolute atomic E-state index is 12.8. The molecule has 0 aliphatic rings. The second-order valence-corrected chi connectivity index (χ2v) is 11.5. The lowest BCUT2D eigenvalue weighted by Gasteiger charge is -2.43. The monoisotopic (exact) mass is 544 g/mol. The largest absolute Gasteiger partial charge is 0.416 e. The summed E-state index contributed by atoms with van der Waals surface area (Å²) in [6.45, 7) is 14.4. The van der Waals surface area contributed by atoms with E-state index in [9.17, 15) is 13.2 Å². The highest BCUT2D eigenvalue weighted by atomic mass is 19.4. The molecule has 222 valence electrons. The lowest BCUT2D eigenvalue weighted by molar-refractivity contribution is -0.433. The van der Waals surface area contributed by atoms with Gasteiger partial charge in [-0.25, -0.2) is 0 Å². The van der Waals surface area contributed by atoms with Crippen LogP contribution in [0, 0.1) is 5.92 Å². The number of hydrogen-bond donors (Lipinski definition) is 0. The standard InChI is InChI=1S/C32H55F3O3/c1-8-9-10-11-12-16-19-30(32(36-25(2)3,37-26(4)5)38-27(6)7)20-17-14-13-15-18-28-21-23-29(24-22-28)31(33,34)35/h21-27,30H,8-20H2,1-7H3. The summed E-state index contributed by atoms with van der Waals surface area (Å²) in [7, 11) is 0. The fourth-order valence-corrected chi connectivity index (χ4v) is 4.96. The topological polar surface area (TPSA) is 27.7 Å². The van der Waals surface area contributed by atoms with Crippen LogP contribution in [0.5, 0.6) is 0 Å². The molecule has 0 amide bonds. The van der Waals surface area contributed by atoms with Gasteiger partial charge in [-0.3, -0.25) is 0 Å². The van der Waals surface area contributed by atoms with E-state index in [-0.39, 0.29) is 24.2 Å². The molecule has 0 N–H and O–H groups in total. The molecule has 0 saturated heterocycles. The number of ether oxygens (including phenoxy) is 3. The molecule has 0 radical (unpaired) electrons. The zero-order chi connectivity index (χ0) is 28.6. The van der Waals surface area contributed by atoms with Crippen LogP contribution in [-0.4, -0.2) is 24.3 Å². The Bertz CT molecular complexity index is 687. The van der Waals surface area contributed by atoms with E-state index in [1.807, 2.05) is 41.5 Å². The van der Waals surface area contributed by atoms with Crippen molar-refractivity contribution in [3.63, 3.8) is 0 Å². The molecule has 3 nitrogen and oxygen atoms in total. The molecule has 6 heteroatoms. The average molecular weight is 545 g/mol. The second kappa shape index (κ2) is 18.3. The van der Waals surface area contributed by atoms with Crippen molar-refractivity contribution in [2.24, 2.45) is 5.92 Å². The van der Waals surface area contributed by atoms with Gasteiger partial charge in [0, 0.05) is 5.92 Å². The SMILES string of the molecule is CCCCCCCCC(CCCCCCc1ccc(C(F)(F)F)cc1)C(OC(C)C)(OC(C)C)OC(C)C. The maximum Gasteiger partial charge on any atom is 0.416 e. The predicted molar refractivity (Wildman–Crippen MR) is 151 cm³/mol. The van der Waals surface area contributed by atoms with Crippen LogP contribution in [0.15, 0.2) is 24.3 Å². The minimum atomic E-state index is -4.28. The molecule has 0 bridgehead atoms. The quantitative estimate of drug-likeness (QED) is 0.114. The minimum Gasteiger partial charge on any atom is -0.324 e. The number of unbranched alkanes of at least 4 members (excludes halogenated alkanes) is 8. The fraction of sp³-hybridized carbons (Fsp3) is 0.812. The highest BCUT2D eigenvalue weighted by molar-refractivity contribution is 5.24. The summed E-state index contributed by atoms with van der Waals surface area (Å²) in [6.07, 6.45) is 9.96. The van der Waals surface area contributed by atoms with Gasteiger partial charge >= 0.3 is 6.18 Å². The highest BCUT2D eigenvalue weighted by Crippen LogP contribution is 2.37. The first kappa shape index (κ1) is 34.9. The molecular weight excluding hydrogens is 489 g/mol. The average Bonchev–Trinajstić information content (AvgIpc) is 2.80. The van der Waals surface area contributed by atoms with Gasteiger partial charge in [0.1, 0.15) is 0 Å². The number of halogens is 3. The molecule has 1 aromatic carbocycles. The van der Waals surface area contributed by atoms with Crippen LogP contribution >= 0.6 is 0 Å². The van der Waals surface area contributed by atoms with Gasteiger partial charge in [-0.1, -0.05) is 76.8 Å². The molecule has 0 aliphatic heterocycles. The highest BCUT2D eigenvalue weighted by Gasteiger charge is 2.44. The van der Waals surface area contributed by atoms with Gasteiger partial charge in [0.2, 0.25) is 0 Å². The second-order valence-electron chi connectivity index (χ2n) is 11.5. The van der Waals surface area contributed by atoms with Crippen LogP contribution in [0.25, 0.3) is 0 Å². The van der Waals surface area contributed by atoms with Gasteiger partial charge in [0.05, 0.1) is 23.9 Å². The molecule has 1 aromatic rings. The molecule has 0 aliphatic carbocycles. The van der Waals surface area contributed by atoms with Crippen molar-refractivity contribution in [3.05, 3.63) is 35.4 Å². The van der Waals surface area contributed by atoms with Gasteiger partial charge in [0.15, 0.2) is 0 Å². The smallest absolute Gasteiger partial charge is 0.324 e. The molecule has 0 heterocycles. The molecule has 1 rings (SSSR count). The van der Waals surface area contributed by atoms with E-state index >= 15 is 0 Å². The van der Waals surface area contributed by atoms with Crippen LogP contribution in [0.2, 0.25) is 0 Å². The number of benzene rings is 1. The normalized spacial score (nSPS) is 13.7. The number of rotatable bonds is 21. The summed E-state index contributed by atoms with van der Waals surface area (Å²) in [6, 6.07) is 5.56. The van der Waals surface area contributed by atoms with Crippen molar-refractivity contribution < 1.29 is 27.4 Å². The molecule has 0 spiro atoms. The van der Waals surface area contributed by atoms with Crippen molar-refractivity contribution in [2.75, 3.05) is 0 Å². The first-order valence-electron chi connectivity index (χ1n) is 15.1. The molecular formula is C32H55F3O3. The van der Waals surface area contributed by atoms with E-state index in [1.54, 1.807) is 12.1 Å². The Morgan fingerprint density at radius 2 is 1.03 bits per heavy atom. The molecule has 0 saturated carbocycles. The van der Waals surface area contributed by atoms with Crippen LogP contribution in [0.4, 0.5) is 13.2 Å². The first-order valence-corrected chi connectivity index (χ1v) is 15.1. The van der Waals surface area contributed by atoms with E-state index in [0.717, 1.165) is 56.9 Å². The summed E-state index contributed by atoms with van der Waals surface area (Å²) < 4.78 is 57.8. The van der Waals surface area contributed by atoms with Gasteiger partial charge < -0.3 is 14.2 Å². The Morgan fingerprint density at radius 3 is 1.45 bits per heavy atom. The lowest BCUT2D eigenvalue weighted by Crippen LogP contribution is -2.50. The molecule has 0 fully saturated rings. The maximum atomic E-state index is 12.8. The Kier molecular flexibility index (Phi) is 16.8. The van der Waals surface area contributed by atoms with Crippen molar-refractivity contribution in [1.82, 2.24) is 0 Å². The van der Waals surface area contributed by atoms with Crippen LogP contribution in [0.3, 0.4) is 0 Å². The Balaban J connectivity index is 2.75. The molecule has 1 unspecified atom stereocenters. The van der Waals surface area contributed by atoms with Crippen LogP contribution in [0.1, 0.15) is 137 Å². The Labute approximate surface area is 231 Å². The predicted octanol–water partition coefficient (Wildman–Crippen LogP) is 10.5. The van der Waals surface area contributed by atoms with E-state index < -0.39 is 17.7 Å². The zero-order valence-corrected chi connectivity index (χ0v) is 25.2. The summed E-state index contributed by atoms with van der Waals surface area (Å²) in [5.41, 5.74) is 0.371. The third-order valence-corrected chi connectivity index (χ3v) is 6.66. The third-order valence-electron chi connectivity index (χ3n) is 6.66. The summed E-state index contributed by atoms with van der Waals surface area (Å²) in [4.78, 5) is 0. The fourth-order valence-electron chi connectivity index (χ4n) is 4.96. The van der Waals surface area contributed by atoms with E-state index in [1.165, 1.54) is 44.2 Å². The minimum absolute atomic E-state index is 0.0247. The number of alkyl halides is 3. The van der Waals surface area contributed by atoms with Gasteiger partial charge in [0.25, 0.3) is 5.97 Å². The summed E-state index contributed by atoms with van der Waals surface area (Å²) in [5.74, 6) is -0.920. The lowest BCUT2D eigenvalue weighted by atomic mass is 9.91. The zero-order valence-electron chi connectivity index (χ0n) is 25.2. The summed E-state index contributed by atoms with van der Waals surface area (Å²) in [5, 5.41) is 0. The van der Waals surface area contributed by atoms with Crippen molar-refractivity contribution >= 4 is 0 Å². The first-order chi connectivity index (χ1) is 17.9. The number of aryl methyl sites for hydroxylation is 1. The van der Waals surface area contributed by atoms with Gasteiger partial charge in [-0.05, 0) is 84.9 Å². The molecule has 0 aromatic heterocycles. The van der Waals surface area contributed by atoms with E-state index in [0.29, 0.717) is 0 Å². The van der Waals surface area contributed by atoms with E-state index in [4.69, 9.17) is 14.2 Å². The third kappa shape index (κ3) is 14.3. The van der Waals surface area contributed by atoms with Crippen molar-refractivity contribution in [1.29, 1.82) is 0 Å². The summed E-state index contributed by atoms with van der Waals surface area (Å²) >= 11 is 0. The van der Waals surface area contributed by atoms with Crippen molar-refractivity contribution in [2.45, 2.75) is 162 Å². The van der Waals surface area contributed by atoms with Crippen molar-refractivity contribution in [3.8, 4) is 0 Å². The van der Waals surface area contributed by atoms with Crippen LogP contribution < -0.4 is 0 Å². The molecule has 38 heavy (non-hydrogen) atoms. The van der Waals surface area contributed by atoms with E-state index in [2.05, 4.69) is 6.92 Å².